The first-order valence-electron chi connectivity index (χ1n) is 9.62. The molecule has 0 amide bonds. The SMILES string of the molecule is Nc1cccc(C(=O)Cc2cccc3ccc4cc5ccccc5cc4c23)c1N. The highest BCUT2D eigenvalue weighted by Gasteiger charge is 2.15. The van der Waals surface area contributed by atoms with Crippen molar-refractivity contribution in [3.8, 4) is 0 Å². The largest absolute Gasteiger partial charge is 0.397 e. The van der Waals surface area contributed by atoms with Crippen LogP contribution >= 0.6 is 0 Å². The zero-order valence-electron chi connectivity index (χ0n) is 15.9. The molecule has 0 unspecified atom stereocenters. The van der Waals surface area contributed by atoms with Gasteiger partial charge in [-0.05, 0) is 62.1 Å². The molecule has 29 heavy (non-hydrogen) atoms. The van der Waals surface area contributed by atoms with E-state index < -0.39 is 0 Å². The maximum atomic E-state index is 13.0. The lowest BCUT2D eigenvalue weighted by atomic mass is 9.92. The minimum atomic E-state index is -0.0277. The zero-order chi connectivity index (χ0) is 20.0. The van der Waals surface area contributed by atoms with Gasteiger partial charge >= 0.3 is 0 Å². The molecular formula is C26H20N2O. The van der Waals surface area contributed by atoms with Crippen molar-refractivity contribution < 1.29 is 4.79 Å². The third-order valence-corrected chi connectivity index (χ3v) is 5.60. The van der Waals surface area contributed by atoms with Crippen LogP contribution in [0.15, 0.2) is 84.9 Å². The quantitative estimate of drug-likeness (QED) is 0.183. The molecule has 0 saturated heterocycles. The maximum Gasteiger partial charge on any atom is 0.169 e. The molecule has 0 bridgehead atoms. The molecule has 0 aliphatic carbocycles. The zero-order valence-corrected chi connectivity index (χ0v) is 15.9. The van der Waals surface area contributed by atoms with E-state index in [-0.39, 0.29) is 12.2 Å². The highest BCUT2D eigenvalue weighted by Crippen LogP contribution is 2.32. The Bertz CT molecular complexity index is 1420. The van der Waals surface area contributed by atoms with Crippen molar-refractivity contribution >= 4 is 49.5 Å². The van der Waals surface area contributed by atoms with Gasteiger partial charge in [0.15, 0.2) is 5.78 Å². The number of ketones is 1. The predicted octanol–water partition coefficient (Wildman–Crippen LogP) is 5.74. The Labute approximate surface area is 168 Å². The second kappa shape index (κ2) is 6.64. The number of nitrogens with two attached hydrogens (primary N) is 2. The summed E-state index contributed by atoms with van der Waals surface area (Å²) < 4.78 is 0. The second-order valence-electron chi connectivity index (χ2n) is 7.41. The third-order valence-electron chi connectivity index (χ3n) is 5.60. The van der Waals surface area contributed by atoms with E-state index in [4.69, 9.17) is 11.5 Å². The Morgan fingerprint density at radius 3 is 2.21 bits per heavy atom. The number of Topliss-reactive ketones (excluding diaryl/α,β-unsaturated/α-hetero) is 1. The number of anilines is 2. The fourth-order valence-corrected chi connectivity index (χ4v) is 4.12. The van der Waals surface area contributed by atoms with Crippen LogP contribution in [0.5, 0.6) is 0 Å². The molecule has 3 heteroatoms. The van der Waals surface area contributed by atoms with Crippen molar-refractivity contribution in [1.29, 1.82) is 0 Å². The smallest absolute Gasteiger partial charge is 0.169 e. The first-order valence-corrected chi connectivity index (χ1v) is 9.62. The Morgan fingerprint density at radius 2 is 1.38 bits per heavy atom. The van der Waals surface area contributed by atoms with Gasteiger partial charge in [0, 0.05) is 12.0 Å². The van der Waals surface area contributed by atoms with Crippen molar-refractivity contribution in [3.63, 3.8) is 0 Å². The molecule has 0 aliphatic heterocycles. The van der Waals surface area contributed by atoms with Crippen LogP contribution in [0.3, 0.4) is 0 Å². The summed E-state index contributed by atoms with van der Waals surface area (Å²) in [6.07, 6.45) is 0.275. The molecule has 4 N–H and O–H groups in total. The number of carbonyl (C=O) groups excluding carboxylic acids is 1. The Kier molecular flexibility index (Phi) is 3.95. The van der Waals surface area contributed by atoms with Gasteiger partial charge in [-0.15, -0.1) is 0 Å². The Hall–Kier alpha value is -3.85. The van der Waals surface area contributed by atoms with Gasteiger partial charge < -0.3 is 11.5 Å². The normalized spacial score (nSPS) is 11.3. The van der Waals surface area contributed by atoms with E-state index in [1.807, 2.05) is 18.2 Å². The van der Waals surface area contributed by atoms with Crippen LogP contribution in [-0.2, 0) is 6.42 Å². The summed E-state index contributed by atoms with van der Waals surface area (Å²) in [6, 6.07) is 28.4. The van der Waals surface area contributed by atoms with E-state index in [0.29, 0.717) is 16.9 Å². The summed E-state index contributed by atoms with van der Waals surface area (Å²) in [6.45, 7) is 0. The predicted molar refractivity (Wildman–Crippen MR) is 122 cm³/mol. The van der Waals surface area contributed by atoms with Gasteiger partial charge in [0.2, 0.25) is 0 Å². The first kappa shape index (κ1) is 17.3. The lowest BCUT2D eigenvalue weighted by molar-refractivity contribution is 0.0994. The molecule has 3 nitrogen and oxygen atoms in total. The highest BCUT2D eigenvalue weighted by molar-refractivity contribution is 6.15. The maximum absolute atomic E-state index is 13.0. The van der Waals surface area contributed by atoms with Crippen molar-refractivity contribution in [2.24, 2.45) is 0 Å². The Balaban J connectivity index is 1.71. The van der Waals surface area contributed by atoms with Crippen LogP contribution in [-0.4, -0.2) is 5.78 Å². The monoisotopic (exact) mass is 376 g/mol. The van der Waals surface area contributed by atoms with Crippen LogP contribution in [0, 0.1) is 0 Å². The van der Waals surface area contributed by atoms with Gasteiger partial charge in [-0.2, -0.15) is 0 Å². The summed E-state index contributed by atoms with van der Waals surface area (Å²) in [5.74, 6) is -0.0277. The van der Waals surface area contributed by atoms with Gasteiger partial charge in [-0.3, -0.25) is 4.79 Å². The van der Waals surface area contributed by atoms with E-state index in [1.165, 1.54) is 16.2 Å². The molecular weight excluding hydrogens is 356 g/mol. The van der Waals surface area contributed by atoms with E-state index >= 15 is 0 Å². The first-order chi connectivity index (χ1) is 14.1. The number of para-hydroxylation sites is 1. The van der Waals surface area contributed by atoms with Crippen molar-refractivity contribution in [2.75, 3.05) is 11.5 Å². The average Bonchev–Trinajstić information content (AvgIpc) is 2.74. The molecule has 0 saturated carbocycles. The van der Waals surface area contributed by atoms with Gasteiger partial charge in [-0.1, -0.05) is 60.7 Å². The average molecular weight is 376 g/mol. The van der Waals surface area contributed by atoms with Crippen LogP contribution < -0.4 is 11.5 Å². The van der Waals surface area contributed by atoms with E-state index in [0.717, 1.165) is 21.7 Å². The van der Waals surface area contributed by atoms with Gasteiger partial charge in [0.1, 0.15) is 0 Å². The van der Waals surface area contributed by atoms with Crippen molar-refractivity contribution in [2.45, 2.75) is 6.42 Å². The van der Waals surface area contributed by atoms with Crippen LogP contribution in [0.25, 0.3) is 32.3 Å². The van der Waals surface area contributed by atoms with E-state index in [1.54, 1.807) is 18.2 Å². The molecule has 0 fully saturated rings. The molecule has 0 radical (unpaired) electrons. The highest BCUT2D eigenvalue weighted by atomic mass is 16.1. The number of rotatable bonds is 3. The molecule has 0 aromatic heterocycles. The van der Waals surface area contributed by atoms with Crippen molar-refractivity contribution in [3.05, 3.63) is 96.1 Å². The number of hydrogen-bond acceptors (Lipinski definition) is 3. The topological polar surface area (TPSA) is 69.1 Å². The molecule has 140 valence electrons. The minimum Gasteiger partial charge on any atom is -0.397 e. The number of nitrogen functional groups attached to an aromatic ring is 2. The second-order valence-corrected chi connectivity index (χ2v) is 7.41. The number of carbonyl (C=O) groups is 1. The number of hydrogen-bond donors (Lipinski definition) is 2. The molecule has 5 rings (SSSR count). The fourth-order valence-electron chi connectivity index (χ4n) is 4.12. The van der Waals surface area contributed by atoms with E-state index in [9.17, 15) is 4.79 Å². The number of benzene rings is 5. The molecule has 5 aromatic carbocycles. The Morgan fingerprint density at radius 1 is 0.690 bits per heavy atom. The van der Waals surface area contributed by atoms with Crippen molar-refractivity contribution in [1.82, 2.24) is 0 Å². The lowest BCUT2D eigenvalue weighted by Gasteiger charge is -2.12. The van der Waals surface area contributed by atoms with Gasteiger partial charge in [0.25, 0.3) is 0 Å². The summed E-state index contributed by atoms with van der Waals surface area (Å²) in [5, 5.41) is 6.96. The summed E-state index contributed by atoms with van der Waals surface area (Å²) in [5.41, 5.74) is 14.2. The summed E-state index contributed by atoms with van der Waals surface area (Å²) in [4.78, 5) is 13.0. The molecule has 0 heterocycles. The van der Waals surface area contributed by atoms with E-state index in [2.05, 4.69) is 48.5 Å². The van der Waals surface area contributed by atoms with Gasteiger partial charge in [-0.25, -0.2) is 0 Å². The molecule has 5 aromatic rings. The molecule has 0 atom stereocenters. The van der Waals surface area contributed by atoms with Crippen LogP contribution in [0.2, 0.25) is 0 Å². The van der Waals surface area contributed by atoms with Gasteiger partial charge in [0.05, 0.1) is 11.4 Å². The van der Waals surface area contributed by atoms with Crippen LogP contribution in [0.1, 0.15) is 15.9 Å². The molecule has 0 aliphatic rings. The lowest BCUT2D eigenvalue weighted by Crippen LogP contribution is -2.09. The third kappa shape index (κ3) is 2.88. The summed E-state index contributed by atoms with van der Waals surface area (Å²) >= 11 is 0. The minimum absolute atomic E-state index is 0.0277. The van der Waals surface area contributed by atoms with Crippen LogP contribution in [0.4, 0.5) is 11.4 Å². The molecule has 0 spiro atoms. The fraction of sp³-hybridized carbons (Fsp3) is 0.0385. The standard InChI is InChI=1S/C26H20N2O/c27-23-10-4-9-21(26(23)28)24(29)15-20-8-3-7-16-11-12-19-13-17-5-1-2-6-18(17)14-22(19)25(16)20/h1-14H,15,27-28H2. The summed E-state index contributed by atoms with van der Waals surface area (Å²) in [7, 11) is 0. The number of fused-ring (bicyclic) bond motifs is 4.